The SMILES string of the molecule is CC1(C)CCC(C)(C)C(=Nc2ccc(-c3ccccc3)cc2)C1=Nc1ccc(-c2ccccc2)cc1.[Cl][Ni][Cl]. The molecule has 0 radical (unpaired) electrons. The van der Waals surface area contributed by atoms with Gasteiger partial charge in [-0.05, 0) is 59.4 Å². The molecule has 0 unspecified atom stereocenters. The van der Waals surface area contributed by atoms with E-state index in [0.717, 1.165) is 35.6 Å². The molecule has 1 saturated carbocycles. The molecular weight excluding hydrogens is 566 g/mol. The van der Waals surface area contributed by atoms with E-state index in [4.69, 9.17) is 30.4 Å². The molecule has 4 aromatic rings. The number of hydrogen-bond donors (Lipinski definition) is 0. The Bertz CT molecular complexity index is 1300. The van der Waals surface area contributed by atoms with Crippen LogP contribution < -0.4 is 0 Å². The predicted octanol–water partition coefficient (Wildman–Crippen LogP) is 11.1. The number of rotatable bonds is 4. The molecule has 1 aliphatic rings. The van der Waals surface area contributed by atoms with Gasteiger partial charge >= 0.3 is 33.0 Å². The Morgan fingerprint density at radius 2 is 0.769 bits per heavy atom. The van der Waals surface area contributed by atoms with Crippen LogP contribution in [0.3, 0.4) is 0 Å². The van der Waals surface area contributed by atoms with Crippen LogP contribution in [0.5, 0.6) is 0 Å². The Hall–Kier alpha value is -2.71. The van der Waals surface area contributed by atoms with Gasteiger partial charge in [-0.2, -0.15) is 0 Å². The molecule has 0 bridgehead atoms. The first-order valence-electron chi connectivity index (χ1n) is 13.1. The van der Waals surface area contributed by atoms with E-state index in [0.29, 0.717) is 12.7 Å². The Kier molecular flexibility index (Phi) is 9.83. The van der Waals surface area contributed by atoms with Crippen LogP contribution in [0.2, 0.25) is 0 Å². The maximum absolute atomic E-state index is 5.23. The summed E-state index contributed by atoms with van der Waals surface area (Å²) in [4.78, 5) is 10.5. The van der Waals surface area contributed by atoms with Crippen molar-refractivity contribution in [3.63, 3.8) is 0 Å². The molecule has 5 rings (SSSR count). The molecule has 4 aromatic carbocycles. The van der Waals surface area contributed by atoms with Crippen molar-refractivity contribution < 1.29 is 12.7 Å². The molecule has 5 heteroatoms. The molecular formula is C34H34Cl2N2Ni. The van der Waals surface area contributed by atoms with E-state index < -0.39 is 0 Å². The Labute approximate surface area is 247 Å². The van der Waals surface area contributed by atoms with Crippen LogP contribution in [-0.4, -0.2) is 11.4 Å². The van der Waals surface area contributed by atoms with Crippen LogP contribution in [0, 0.1) is 10.8 Å². The first kappa shape index (κ1) is 29.3. The third-order valence-electron chi connectivity index (χ3n) is 7.31. The second-order valence-electron chi connectivity index (χ2n) is 11.1. The zero-order chi connectivity index (χ0) is 27.9. The van der Waals surface area contributed by atoms with Gasteiger partial charge in [0.15, 0.2) is 0 Å². The van der Waals surface area contributed by atoms with Crippen molar-refractivity contribution in [3.05, 3.63) is 109 Å². The summed E-state index contributed by atoms with van der Waals surface area (Å²) in [5.74, 6) is 0. The van der Waals surface area contributed by atoms with Crippen LogP contribution in [0.4, 0.5) is 11.4 Å². The molecule has 2 nitrogen and oxygen atoms in total. The third-order valence-corrected chi connectivity index (χ3v) is 7.31. The fourth-order valence-electron chi connectivity index (χ4n) is 4.89. The van der Waals surface area contributed by atoms with E-state index >= 15 is 0 Å². The number of nitrogens with zero attached hydrogens (tertiary/aromatic N) is 2. The summed E-state index contributed by atoms with van der Waals surface area (Å²) in [7, 11) is 9.40. The van der Waals surface area contributed by atoms with E-state index in [9.17, 15) is 0 Å². The Balaban J connectivity index is 0.00000112. The summed E-state index contributed by atoms with van der Waals surface area (Å²) in [6, 6.07) is 38.1. The molecule has 0 spiro atoms. The van der Waals surface area contributed by atoms with Crippen molar-refractivity contribution >= 4 is 43.2 Å². The molecule has 39 heavy (non-hydrogen) atoms. The quantitative estimate of drug-likeness (QED) is 0.208. The van der Waals surface area contributed by atoms with Crippen LogP contribution in [-0.2, 0) is 12.7 Å². The number of halogens is 2. The first-order valence-corrected chi connectivity index (χ1v) is 15.8. The molecule has 1 fully saturated rings. The molecule has 0 amide bonds. The van der Waals surface area contributed by atoms with Gasteiger partial charge in [-0.1, -0.05) is 113 Å². The van der Waals surface area contributed by atoms with Crippen molar-refractivity contribution in [1.82, 2.24) is 0 Å². The molecule has 0 atom stereocenters. The van der Waals surface area contributed by atoms with Gasteiger partial charge in [-0.3, -0.25) is 9.98 Å². The van der Waals surface area contributed by atoms with Crippen LogP contribution in [0.1, 0.15) is 40.5 Å². The van der Waals surface area contributed by atoms with Gasteiger partial charge in [-0.15, -0.1) is 0 Å². The van der Waals surface area contributed by atoms with Gasteiger partial charge in [-0.25, -0.2) is 0 Å². The van der Waals surface area contributed by atoms with Crippen molar-refractivity contribution in [2.45, 2.75) is 40.5 Å². The van der Waals surface area contributed by atoms with E-state index in [1.807, 2.05) is 12.1 Å². The van der Waals surface area contributed by atoms with Crippen molar-refractivity contribution in [2.75, 3.05) is 0 Å². The summed E-state index contributed by atoms with van der Waals surface area (Å²) in [6.07, 6.45) is 2.18. The second kappa shape index (κ2) is 13.1. The summed E-state index contributed by atoms with van der Waals surface area (Å²) < 4.78 is 0. The van der Waals surface area contributed by atoms with Crippen LogP contribution in [0.15, 0.2) is 119 Å². The van der Waals surface area contributed by atoms with Gasteiger partial charge < -0.3 is 0 Å². The first-order chi connectivity index (χ1) is 18.7. The van der Waals surface area contributed by atoms with Gasteiger partial charge in [0.25, 0.3) is 0 Å². The zero-order valence-electron chi connectivity index (χ0n) is 22.8. The number of aliphatic imine (C=N–C) groups is 2. The fourth-order valence-corrected chi connectivity index (χ4v) is 4.89. The van der Waals surface area contributed by atoms with Crippen LogP contribution in [0.25, 0.3) is 22.3 Å². The Morgan fingerprint density at radius 1 is 0.487 bits per heavy atom. The summed E-state index contributed by atoms with van der Waals surface area (Å²) in [6.45, 7) is 9.20. The molecule has 0 heterocycles. The van der Waals surface area contributed by atoms with Crippen molar-refractivity contribution in [1.29, 1.82) is 0 Å². The second-order valence-corrected chi connectivity index (χ2v) is 12.7. The summed E-state index contributed by atoms with van der Waals surface area (Å²) >= 11 is 0.569. The normalized spacial score (nSPS) is 18.0. The van der Waals surface area contributed by atoms with E-state index in [2.05, 4.69) is 125 Å². The van der Waals surface area contributed by atoms with Crippen LogP contribution >= 0.6 is 20.4 Å². The predicted molar refractivity (Wildman–Crippen MR) is 166 cm³/mol. The van der Waals surface area contributed by atoms with E-state index in [1.165, 1.54) is 22.3 Å². The Morgan fingerprint density at radius 3 is 1.08 bits per heavy atom. The fraction of sp³-hybridized carbons (Fsp3) is 0.235. The van der Waals surface area contributed by atoms with Crippen molar-refractivity contribution in [3.8, 4) is 22.3 Å². The van der Waals surface area contributed by atoms with Crippen molar-refractivity contribution in [2.24, 2.45) is 20.8 Å². The van der Waals surface area contributed by atoms with Gasteiger partial charge in [0.1, 0.15) is 0 Å². The molecule has 204 valence electrons. The molecule has 0 saturated heterocycles. The molecule has 1 aliphatic carbocycles. The summed E-state index contributed by atoms with van der Waals surface area (Å²) in [5.41, 5.74) is 8.90. The van der Waals surface area contributed by atoms with Gasteiger partial charge in [0, 0.05) is 10.8 Å². The zero-order valence-corrected chi connectivity index (χ0v) is 25.3. The number of benzene rings is 4. The average Bonchev–Trinajstić information content (AvgIpc) is 2.95. The van der Waals surface area contributed by atoms with Gasteiger partial charge in [0.05, 0.1) is 22.8 Å². The molecule has 0 N–H and O–H groups in total. The standard InChI is InChI=1S/C34H34N2.2ClH.Ni/c1-33(2)23-24-34(3,4)32(36-30-21-17-28(18-22-30)26-13-9-6-10-14-26)31(33)35-29-19-15-27(16-20-29)25-11-7-5-8-12-25;;;/h5-22H,23-24H2,1-4H3;2*1H;/q;;;+2/p-2. The number of hydrogen-bond acceptors (Lipinski definition) is 2. The topological polar surface area (TPSA) is 24.7 Å². The monoisotopic (exact) mass is 598 g/mol. The average molecular weight is 600 g/mol. The maximum atomic E-state index is 5.23. The molecule has 0 aliphatic heterocycles. The minimum absolute atomic E-state index is 0.0452. The van der Waals surface area contributed by atoms with Gasteiger partial charge in [0.2, 0.25) is 0 Å². The summed E-state index contributed by atoms with van der Waals surface area (Å²) in [5, 5.41) is 0. The van der Waals surface area contributed by atoms with E-state index in [-0.39, 0.29) is 10.8 Å². The molecule has 0 aromatic heterocycles. The third kappa shape index (κ3) is 7.49. The minimum atomic E-state index is -0.0452. The van der Waals surface area contributed by atoms with E-state index in [1.54, 1.807) is 0 Å².